The molecule has 68 valence electrons. The zero-order valence-electron chi connectivity index (χ0n) is 7.37. The van der Waals surface area contributed by atoms with Crippen molar-refractivity contribution < 1.29 is 8.42 Å². The average Bonchev–Trinajstić information content (AvgIpc) is 2.27. The molecule has 0 bridgehead atoms. The van der Waals surface area contributed by atoms with Crippen molar-refractivity contribution in [3.63, 3.8) is 0 Å². The summed E-state index contributed by atoms with van der Waals surface area (Å²) in [6.07, 6.45) is 0.503. The van der Waals surface area contributed by atoms with Crippen molar-refractivity contribution in [2.45, 2.75) is 20.3 Å². The largest absolute Gasteiger partial charge is 0.229 e. The summed E-state index contributed by atoms with van der Waals surface area (Å²) in [7, 11) is -2.93. The van der Waals surface area contributed by atoms with Crippen molar-refractivity contribution in [3.8, 4) is 6.07 Å². The van der Waals surface area contributed by atoms with Gasteiger partial charge in [-0.3, -0.25) is 0 Å². The molecule has 4 heteroatoms. The van der Waals surface area contributed by atoms with E-state index in [9.17, 15) is 8.42 Å². The second-order valence-electron chi connectivity index (χ2n) is 3.76. The van der Waals surface area contributed by atoms with E-state index in [1.54, 1.807) is 0 Å². The van der Waals surface area contributed by atoms with Gasteiger partial charge in [-0.15, -0.1) is 0 Å². The number of nitriles is 1. The third kappa shape index (κ3) is 1.46. The van der Waals surface area contributed by atoms with E-state index in [1.165, 1.54) is 0 Å². The molecule has 0 aromatic heterocycles. The lowest BCUT2D eigenvalue weighted by Crippen LogP contribution is -2.26. The number of hydrogen-bond acceptors (Lipinski definition) is 3. The molecule has 0 amide bonds. The van der Waals surface area contributed by atoms with Gasteiger partial charge in [-0.2, -0.15) is 5.26 Å². The lowest BCUT2D eigenvalue weighted by molar-refractivity contribution is 0.319. The predicted molar refractivity (Wildman–Crippen MR) is 46.2 cm³/mol. The van der Waals surface area contributed by atoms with Crippen LogP contribution in [0.25, 0.3) is 0 Å². The van der Waals surface area contributed by atoms with Gasteiger partial charge < -0.3 is 0 Å². The van der Waals surface area contributed by atoms with E-state index in [1.807, 2.05) is 13.8 Å². The van der Waals surface area contributed by atoms with Crippen LogP contribution >= 0.6 is 0 Å². The maximum atomic E-state index is 11.2. The minimum Gasteiger partial charge on any atom is -0.229 e. The highest BCUT2D eigenvalue weighted by molar-refractivity contribution is 7.91. The summed E-state index contributed by atoms with van der Waals surface area (Å²) in [4.78, 5) is 0. The standard InChI is InChI=1S/C8H13NO2S/c1-7(2)8(5-9)3-4-12(10,11)6-8/h7H,3-4,6H2,1-2H3. The fourth-order valence-corrected chi connectivity index (χ4v) is 3.69. The molecular weight excluding hydrogens is 174 g/mol. The predicted octanol–water partition coefficient (Wildman–Crippen LogP) is 0.971. The second-order valence-corrected chi connectivity index (χ2v) is 5.95. The Hall–Kier alpha value is -0.560. The van der Waals surface area contributed by atoms with Gasteiger partial charge in [0.25, 0.3) is 0 Å². The number of sulfone groups is 1. The zero-order chi connectivity index (χ0) is 9.41. The highest BCUT2D eigenvalue weighted by Crippen LogP contribution is 2.38. The molecule has 12 heavy (non-hydrogen) atoms. The van der Waals surface area contributed by atoms with E-state index in [2.05, 4.69) is 6.07 Å². The number of rotatable bonds is 1. The Morgan fingerprint density at radius 3 is 2.25 bits per heavy atom. The monoisotopic (exact) mass is 187 g/mol. The number of hydrogen-bond donors (Lipinski definition) is 0. The Labute approximate surface area is 73.3 Å². The molecule has 0 radical (unpaired) electrons. The van der Waals surface area contributed by atoms with E-state index in [4.69, 9.17) is 5.26 Å². The van der Waals surface area contributed by atoms with Crippen molar-refractivity contribution in [2.24, 2.45) is 11.3 Å². The Bertz CT molecular complexity index is 312. The quantitative estimate of drug-likeness (QED) is 0.614. The third-order valence-corrected chi connectivity index (χ3v) is 4.45. The molecule has 3 nitrogen and oxygen atoms in total. The minimum absolute atomic E-state index is 0.0498. The summed E-state index contributed by atoms with van der Waals surface area (Å²) in [5.41, 5.74) is -0.612. The van der Waals surface area contributed by atoms with Crippen LogP contribution < -0.4 is 0 Å². The third-order valence-electron chi connectivity index (χ3n) is 2.66. The van der Waals surface area contributed by atoms with Crippen molar-refractivity contribution in [2.75, 3.05) is 11.5 Å². The minimum atomic E-state index is -2.93. The van der Waals surface area contributed by atoms with Gasteiger partial charge in [0, 0.05) is 0 Å². The van der Waals surface area contributed by atoms with E-state index in [-0.39, 0.29) is 17.4 Å². The zero-order valence-corrected chi connectivity index (χ0v) is 8.19. The molecular formula is C8H13NO2S. The van der Waals surface area contributed by atoms with Gasteiger partial charge >= 0.3 is 0 Å². The summed E-state index contributed by atoms with van der Waals surface area (Å²) in [5.74, 6) is 0.354. The van der Waals surface area contributed by atoms with Gasteiger partial charge in [0.05, 0.1) is 23.0 Å². The SMILES string of the molecule is CC(C)C1(C#N)CCS(=O)(=O)C1. The topological polar surface area (TPSA) is 57.9 Å². The summed E-state index contributed by atoms with van der Waals surface area (Å²) < 4.78 is 22.3. The first-order valence-electron chi connectivity index (χ1n) is 4.03. The van der Waals surface area contributed by atoms with Crippen LogP contribution in [0.5, 0.6) is 0 Å². The fourth-order valence-electron chi connectivity index (χ4n) is 1.55. The van der Waals surface area contributed by atoms with Gasteiger partial charge in [-0.05, 0) is 12.3 Å². The molecule has 0 spiro atoms. The van der Waals surface area contributed by atoms with Crippen molar-refractivity contribution in [1.82, 2.24) is 0 Å². The highest BCUT2D eigenvalue weighted by atomic mass is 32.2. The molecule has 0 saturated carbocycles. The maximum Gasteiger partial charge on any atom is 0.151 e. The van der Waals surface area contributed by atoms with Crippen LogP contribution in [0, 0.1) is 22.7 Å². The molecule has 0 aromatic rings. The van der Waals surface area contributed by atoms with Crippen LogP contribution in [0.15, 0.2) is 0 Å². The van der Waals surface area contributed by atoms with Crippen LogP contribution in [-0.2, 0) is 9.84 Å². The van der Waals surface area contributed by atoms with Crippen LogP contribution in [0.4, 0.5) is 0 Å². The van der Waals surface area contributed by atoms with Crippen molar-refractivity contribution in [1.29, 1.82) is 5.26 Å². The summed E-state index contributed by atoms with van der Waals surface area (Å²) in [5, 5.41) is 8.90. The van der Waals surface area contributed by atoms with Gasteiger partial charge in [0.15, 0.2) is 9.84 Å². The maximum absolute atomic E-state index is 11.2. The molecule has 1 atom stereocenters. The van der Waals surface area contributed by atoms with Crippen LogP contribution in [-0.4, -0.2) is 19.9 Å². The van der Waals surface area contributed by atoms with Crippen molar-refractivity contribution >= 4 is 9.84 Å². The summed E-state index contributed by atoms with van der Waals surface area (Å²) in [6, 6.07) is 2.15. The summed E-state index contributed by atoms with van der Waals surface area (Å²) >= 11 is 0. The molecule has 1 aliphatic heterocycles. The van der Waals surface area contributed by atoms with Gasteiger partial charge in [-0.25, -0.2) is 8.42 Å². The van der Waals surface area contributed by atoms with Crippen LogP contribution in [0.2, 0.25) is 0 Å². The van der Waals surface area contributed by atoms with Crippen LogP contribution in [0.1, 0.15) is 20.3 Å². The van der Waals surface area contributed by atoms with Gasteiger partial charge in [0.2, 0.25) is 0 Å². The van der Waals surface area contributed by atoms with E-state index in [0.717, 1.165) is 0 Å². The van der Waals surface area contributed by atoms with Gasteiger partial charge in [0.1, 0.15) is 0 Å². The Kier molecular flexibility index (Phi) is 2.17. The smallest absolute Gasteiger partial charge is 0.151 e. The van der Waals surface area contributed by atoms with Crippen molar-refractivity contribution in [3.05, 3.63) is 0 Å². The molecule has 1 heterocycles. The first-order chi connectivity index (χ1) is 5.42. The molecule has 0 N–H and O–H groups in total. The Morgan fingerprint density at radius 1 is 1.50 bits per heavy atom. The lowest BCUT2D eigenvalue weighted by Gasteiger charge is -2.22. The molecule has 1 unspecified atom stereocenters. The average molecular weight is 187 g/mol. The number of nitrogens with zero attached hydrogens (tertiary/aromatic N) is 1. The molecule has 1 fully saturated rings. The molecule has 1 rings (SSSR count). The van der Waals surface area contributed by atoms with Crippen LogP contribution in [0.3, 0.4) is 0 Å². The molecule has 0 aromatic carbocycles. The van der Waals surface area contributed by atoms with E-state index < -0.39 is 15.3 Å². The van der Waals surface area contributed by atoms with Gasteiger partial charge in [-0.1, -0.05) is 13.8 Å². The highest BCUT2D eigenvalue weighted by Gasteiger charge is 2.44. The molecule has 1 aliphatic rings. The first-order valence-corrected chi connectivity index (χ1v) is 5.86. The van der Waals surface area contributed by atoms with E-state index in [0.29, 0.717) is 6.42 Å². The Morgan fingerprint density at radius 2 is 2.08 bits per heavy atom. The summed E-state index contributed by atoms with van der Waals surface area (Å²) in [6.45, 7) is 3.81. The Balaban J connectivity index is 2.97. The first kappa shape index (κ1) is 9.53. The lowest BCUT2D eigenvalue weighted by atomic mass is 9.78. The normalized spacial score (nSPS) is 33.5. The fraction of sp³-hybridized carbons (Fsp3) is 0.875. The second kappa shape index (κ2) is 2.74. The molecule has 0 aliphatic carbocycles. The van der Waals surface area contributed by atoms with E-state index >= 15 is 0 Å². The molecule has 1 saturated heterocycles.